The van der Waals surface area contributed by atoms with Gasteiger partial charge in [-0.15, -0.1) is 0 Å². The molecule has 22 heavy (non-hydrogen) atoms. The molecule has 0 atom stereocenters. The van der Waals surface area contributed by atoms with Gasteiger partial charge in [-0.1, -0.05) is 31.5 Å². The summed E-state index contributed by atoms with van der Waals surface area (Å²) in [7, 11) is 0. The molecule has 2 heterocycles. The van der Waals surface area contributed by atoms with E-state index in [1.807, 2.05) is 13.8 Å². The maximum atomic E-state index is 14.4. The maximum absolute atomic E-state index is 14.4. The summed E-state index contributed by atoms with van der Waals surface area (Å²) >= 11 is 0. The van der Waals surface area contributed by atoms with Gasteiger partial charge in [-0.2, -0.15) is 0 Å². The molecule has 1 radical (unpaired) electrons. The molecular formula is C14H14FN4O2Re-. The van der Waals surface area contributed by atoms with Crippen LogP contribution in [0.3, 0.4) is 0 Å². The van der Waals surface area contributed by atoms with Crippen LogP contribution >= 0.6 is 0 Å². The van der Waals surface area contributed by atoms with E-state index in [9.17, 15) is 14.0 Å². The van der Waals surface area contributed by atoms with Crippen molar-refractivity contribution in [2.75, 3.05) is 11.4 Å². The molecule has 8 heteroatoms. The second-order valence-corrected chi connectivity index (χ2v) is 5.30. The average molecular weight is 475 g/mol. The minimum Gasteiger partial charge on any atom is -0.571 e. The molecule has 0 aliphatic carbocycles. The van der Waals surface area contributed by atoms with Crippen LogP contribution in [0.25, 0.3) is 10.9 Å². The Morgan fingerprint density at radius 1 is 1.36 bits per heavy atom. The summed E-state index contributed by atoms with van der Waals surface area (Å²) < 4.78 is 14.4. The number of fused-ring (bicyclic) bond motifs is 1. The van der Waals surface area contributed by atoms with Crippen LogP contribution in [-0.2, 0) is 25.2 Å². The molecule has 117 valence electrons. The van der Waals surface area contributed by atoms with E-state index >= 15 is 0 Å². The SMILES string of the molecule is CC(C)c1ccc2c(N3CCC(=O)NC3=O)n[n-]c2c1F.[Re]. The molecule has 1 aliphatic rings. The number of hydrogen-bond donors (Lipinski definition) is 1. The first-order valence-electron chi connectivity index (χ1n) is 6.72. The van der Waals surface area contributed by atoms with Crippen molar-refractivity contribution in [3.05, 3.63) is 23.5 Å². The molecule has 0 bridgehead atoms. The molecular weight excluding hydrogens is 461 g/mol. The third-order valence-electron chi connectivity index (χ3n) is 3.56. The summed E-state index contributed by atoms with van der Waals surface area (Å²) in [6.07, 6.45) is 0.187. The number of imide groups is 1. The van der Waals surface area contributed by atoms with Gasteiger partial charge in [-0.25, -0.2) is 9.18 Å². The van der Waals surface area contributed by atoms with Crippen LogP contribution in [0.1, 0.15) is 31.7 Å². The Kier molecular flexibility index (Phi) is 4.64. The van der Waals surface area contributed by atoms with Crippen molar-refractivity contribution in [3.63, 3.8) is 0 Å². The van der Waals surface area contributed by atoms with Crippen molar-refractivity contribution >= 4 is 28.7 Å². The molecule has 1 aromatic carbocycles. The number of carbonyl (C=O) groups is 2. The standard InChI is InChI=1S/C14H15FN4O2.Re/c1-7(2)8-3-4-9-12(11(8)15)17-18-13(9)19-6-5-10(20)16-14(19)21;/h3-4,7H,5-6H2,1-2H3,(H2,16,17,18,20,21);/p-1. The van der Waals surface area contributed by atoms with Gasteiger partial charge < -0.3 is 10.2 Å². The number of nitrogens with one attached hydrogen (secondary N) is 1. The van der Waals surface area contributed by atoms with E-state index in [-0.39, 0.29) is 56.5 Å². The van der Waals surface area contributed by atoms with Gasteiger partial charge in [0.05, 0.1) is 0 Å². The Hall–Kier alpha value is -1.78. The van der Waals surface area contributed by atoms with E-state index in [0.29, 0.717) is 10.9 Å². The molecule has 0 saturated carbocycles. The summed E-state index contributed by atoms with van der Waals surface area (Å²) in [5.74, 6) is -0.419. The predicted molar refractivity (Wildman–Crippen MR) is 74.6 cm³/mol. The van der Waals surface area contributed by atoms with E-state index in [1.54, 1.807) is 12.1 Å². The summed E-state index contributed by atoms with van der Waals surface area (Å²) in [5.41, 5.74) is 0.716. The Balaban J connectivity index is 0.00000176. The second-order valence-electron chi connectivity index (χ2n) is 5.30. The molecule has 3 rings (SSSR count). The average Bonchev–Trinajstić information content (AvgIpc) is 2.83. The van der Waals surface area contributed by atoms with Crippen LogP contribution in [0.15, 0.2) is 12.1 Å². The Bertz CT molecular complexity index is 744. The topological polar surface area (TPSA) is 76.4 Å². The molecule has 3 amide bonds. The molecule has 2 aromatic rings. The van der Waals surface area contributed by atoms with Crippen LogP contribution in [0.4, 0.5) is 15.0 Å². The minimum absolute atomic E-state index is 0. The number of nitrogens with zero attached hydrogens (tertiary/aromatic N) is 3. The van der Waals surface area contributed by atoms with Gasteiger partial charge in [-0.05, 0) is 11.5 Å². The van der Waals surface area contributed by atoms with Crippen molar-refractivity contribution in [1.29, 1.82) is 0 Å². The summed E-state index contributed by atoms with van der Waals surface area (Å²) in [5, 5.41) is 10.5. The van der Waals surface area contributed by atoms with Gasteiger partial charge in [0.2, 0.25) is 5.91 Å². The summed E-state index contributed by atoms with van der Waals surface area (Å²) in [6, 6.07) is 2.84. The fraction of sp³-hybridized carbons (Fsp3) is 0.357. The normalized spacial score (nSPS) is 15.2. The fourth-order valence-corrected chi connectivity index (χ4v) is 2.42. The van der Waals surface area contributed by atoms with Crippen LogP contribution < -0.4 is 15.3 Å². The largest absolute Gasteiger partial charge is 0.571 e. The smallest absolute Gasteiger partial charge is 0.329 e. The third-order valence-corrected chi connectivity index (χ3v) is 3.56. The van der Waals surface area contributed by atoms with E-state index in [2.05, 4.69) is 15.5 Å². The fourth-order valence-electron chi connectivity index (χ4n) is 2.42. The zero-order valence-electron chi connectivity index (χ0n) is 12.1. The van der Waals surface area contributed by atoms with E-state index in [1.165, 1.54) is 4.90 Å². The third kappa shape index (κ3) is 2.64. The van der Waals surface area contributed by atoms with Crippen molar-refractivity contribution in [2.24, 2.45) is 0 Å². The van der Waals surface area contributed by atoms with Crippen LogP contribution in [0, 0.1) is 5.82 Å². The number of benzene rings is 1. The van der Waals surface area contributed by atoms with Gasteiger partial charge in [0.1, 0.15) is 11.6 Å². The first kappa shape index (κ1) is 16.6. The van der Waals surface area contributed by atoms with Gasteiger partial charge in [0.15, 0.2) is 0 Å². The number of hydrogen-bond acceptors (Lipinski definition) is 3. The van der Waals surface area contributed by atoms with E-state index in [4.69, 9.17) is 0 Å². The number of aromatic nitrogens is 2. The van der Waals surface area contributed by atoms with Crippen LogP contribution in [-0.4, -0.2) is 23.6 Å². The molecule has 1 saturated heterocycles. The van der Waals surface area contributed by atoms with Crippen molar-refractivity contribution in [2.45, 2.75) is 26.2 Å². The second kappa shape index (κ2) is 6.15. The molecule has 1 N–H and O–H groups in total. The van der Waals surface area contributed by atoms with Crippen molar-refractivity contribution in [1.82, 2.24) is 15.5 Å². The van der Waals surface area contributed by atoms with Gasteiger partial charge >= 0.3 is 6.03 Å². The number of anilines is 1. The Morgan fingerprint density at radius 3 is 2.73 bits per heavy atom. The van der Waals surface area contributed by atoms with Gasteiger partial charge in [-0.3, -0.25) is 15.0 Å². The number of halogens is 1. The Labute approximate surface area is 140 Å². The molecule has 0 unspecified atom stereocenters. The molecule has 1 aliphatic heterocycles. The molecule has 0 spiro atoms. The first-order valence-corrected chi connectivity index (χ1v) is 6.72. The minimum atomic E-state index is -0.554. The van der Waals surface area contributed by atoms with E-state index in [0.717, 1.165) is 0 Å². The zero-order valence-corrected chi connectivity index (χ0v) is 14.8. The number of rotatable bonds is 2. The maximum Gasteiger partial charge on any atom is 0.329 e. The van der Waals surface area contributed by atoms with Crippen LogP contribution in [0.5, 0.6) is 0 Å². The van der Waals surface area contributed by atoms with Gasteiger partial charge in [0.25, 0.3) is 0 Å². The number of urea groups is 1. The van der Waals surface area contributed by atoms with Crippen molar-refractivity contribution < 1.29 is 34.4 Å². The molecule has 6 nitrogen and oxygen atoms in total. The van der Waals surface area contributed by atoms with Gasteiger partial charge in [0, 0.05) is 38.8 Å². The van der Waals surface area contributed by atoms with E-state index < -0.39 is 11.8 Å². The number of amides is 3. The zero-order chi connectivity index (χ0) is 15.1. The quantitative estimate of drug-likeness (QED) is 0.720. The Morgan fingerprint density at radius 2 is 2.09 bits per heavy atom. The predicted octanol–water partition coefficient (Wildman–Crippen LogP) is 1.90. The van der Waals surface area contributed by atoms with Crippen molar-refractivity contribution in [3.8, 4) is 0 Å². The summed E-state index contributed by atoms with van der Waals surface area (Å²) in [4.78, 5) is 24.3. The monoisotopic (exact) mass is 476 g/mol. The summed E-state index contributed by atoms with van der Waals surface area (Å²) in [6.45, 7) is 4.00. The molecule has 1 aromatic heterocycles. The molecule has 1 fully saturated rings. The number of carbonyl (C=O) groups excluding carboxylic acids is 2. The van der Waals surface area contributed by atoms with Crippen LogP contribution in [0.2, 0.25) is 0 Å². The first-order chi connectivity index (χ1) is 9.99.